The van der Waals surface area contributed by atoms with Crippen LogP contribution in [0.3, 0.4) is 0 Å². The molecule has 0 aliphatic rings. The van der Waals surface area contributed by atoms with E-state index in [1.54, 1.807) is 0 Å². The molecule has 0 saturated carbocycles. The number of aromatic nitrogens is 1. The summed E-state index contributed by atoms with van der Waals surface area (Å²) < 4.78 is 0. The van der Waals surface area contributed by atoms with Gasteiger partial charge in [0.15, 0.2) is 0 Å². The lowest BCUT2D eigenvalue weighted by Crippen LogP contribution is -2.21. The molecular weight excluding hydrogens is 196 g/mol. The molecule has 0 amide bonds. The SMILES string of the molecule is CCNC(CCC(C)C)c1cncc(C)c1. The van der Waals surface area contributed by atoms with Crippen molar-refractivity contribution < 1.29 is 0 Å². The van der Waals surface area contributed by atoms with Gasteiger partial charge < -0.3 is 5.32 Å². The third-order valence-corrected chi connectivity index (χ3v) is 2.78. The number of hydrogen-bond donors (Lipinski definition) is 1. The van der Waals surface area contributed by atoms with E-state index < -0.39 is 0 Å². The van der Waals surface area contributed by atoms with Gasteiger partial charge in [-0.1, -0.05) is 26.8 Å². The van der Waals surface area contributed by atoms with Gasteiger partial charge in [-0.05, 0) is 43.4 Å². The molecule has 90 valence electrons. The Bertz CT molecular complexity index is 307. The van der Waals surface area contributed by atoms with Crippen LogP contribution in [0.4, 0.5) is 0 Å². The van der Waals surface area contributed by atoms with Crippen molar-refractivity contribution in [1.82, 2.24) is 10.3 Å². The first-order valence-corrected chi connectivity index (χ1v) is 6.28. The molecular formula is C14H24N2. The van der Waals surface area contributed by atoms with Crippen LogP contribution >= 0.6 is 0 Å². The van der Waals surface area contributed by atoms with Crippen molar-refractivity contribution in [2.24, 2.45) is 5.92 Å². The fourth-order valence-corrected chi connectivity index (χ4v) is 1.90. The molecule has 1 aromatic heterocycles. The molecule has 1 aromatic rings. The molecule has 0 radical (unpaired) electrons. The zero-order valence-electron chi connectivity index (χ0n) is 11.0. The second-order valence-corrected chi connectivity index (χ2v) is 4.88. The van der Waals surface area contributed by atoms with Crippen LogP contribution in [0.15, 0.2) is 18.5 Å². The Balaban J connectivity index is 2.68. The molecule has 16 heavy (non-hydrogen) atoms. The van der Waals surface area contributed by atoms with Crippen molar-refractivity contribution in [3.05, 3.63) is 29.6 Å². The fraction of sp³-hybridized carbons (Fsp3) is 0.643. The number of nitrogens with zero attached hydrogens (tertiary/aromatic N) is 1. The van der Waals surface area contributed by atoms with Crippen LogP contribution in [0.1, 0.15) is 50.8 Å². The van der Waals surface area contributed by atoms with Gasteiger partial charge >= 0.3 is 0 Å². The summed E-state index contributed by atoms with van der Waals surface area (Å²) in [6.45, 7) is 9.82. The van der Waals surface area contributed by atoms with Gasteiger partial charge in [-0.25, -0.2) is 0 Å². The van der Waals surface area contributed by atoms with Crippen LogP contribution in [-0.2, 0) is 0 Å². The molecule has 1 N–H and O–H groups in total. The number of pyridine rings is 1. The lowest BCUT2D eigenvalue weighted by Gasteiger charge is -2.19. The maximum Gasteiger partial charge on any atom is 0.0335 e. The van der Waals surface area contributed by atoms with Gasteiger partial charge in [-0.15, -0.1) is 0 Å². The van der Waals surface area contributed by atoms with E-state index in [0.717, 1.165) is 12.5 Å². The molecule has 0 bridgehead atoms. The lowest BCUT2D eigenvalue weighted by atomic mass is 9.98. The number of nitrogens with one attached hydrogen (secondary N) is 1. The first kappa shape index (κ1) is 13.2. The highest BCUT2D eigenvalue weighted by Gasteiger charge is 2.11. The highest BCUT2D eigenvalue weighted by molar-refractivity contribution is 5.20. The van der Waals surface area contributed by atoms with Crippen molar-refractivity contribution in [2.45, 2.75) is 46.6 Å². The van der Waals surface area contributed by atoms with E-state index in [1.807, 2.05) is 12.4 Å². The molecule has 0 aliphatic carbocycles. The molecule has 0 spiro atoms. The average Bonchev–Trinajstić information content (AvgIpc) is 2.24. The fourth-order valence-electron chi connectivity index (χ4n) is 1.90. The zero-order chi connectivity index (χ0) is 12.0. The van der Waals surface area contributed by atoms with Crippen LogP contribution < -0.4 is 5.32 Å². The van der Waals surface area contributed by atoms with E-state index in [-0.39, 0.29) is 0 Å². The molecule has 0 aromatic carbocycles. The van der Waals surface area contributed by atoms with Crippen LogP contribution in [0, 0.1) is 12.8 Å². The summed E-state index contributed by atoms with van der Waals surface area (Å²) in [4.78, 5) is 4.27. The maximum absolute atomic E-state index is 4.27. The van der Waals surface area contributed by atoms with E-state index in [4.69, 9.17) is 0 Å². The van der Waals surface area contributed by atoms with Gasteiger partial charge in [0.2, 0.25) is 0 Å². The van der Waals surface area contributed by atoms with Crippen LogP contribution in [0.25, 0.3) is 0 Å². The minimum absolute atomic E-state index is 0.458. The summed E-state index contributed by atoms with van der Waals surface area (Å²) in [5.74, 6) is 0.763. The number of rotatable bonds is 6. The van der Waals surface area contributed by atoms with E-state index in [0.29, 0.717) is 6.04 Å². The zero-order valence-corrected chi connectivity index (χ0v) is 11.0. The van der Waals surface area contributed by atoms with Crippen molar-refractivity contribution >= 4 is 0 Å². The smallest absolute Gasteiger partial charge is 0.0335 e. The van der Waals surface area contributed by atoms with Crippen LogP contribution in [0.2, 0.25) is 0 Å². The maximum atomic E-state index is 4.27. The predicted octanol–water partition coefficient (Wildman–Crippen LogP) is 3.48. The molecule has 2 nitrogen and oxygen atoms in total. The highest BCUT2D eigenvalue weighted by Crippen LogP contribution is 2.20. The van der Waals surface area contributed by atoms with Crippen molar-refractivity contribution in [3.63, 3.8) is 0 Å². The van der Waals surface area contributed by atoms with Crippen molar-refractivity contribution in [2.75, 3.05) is 6.54 Å². The Kier molecular flexibility index (Phi) is 5.47. The summed E-state index contributed by atoms with van der Waals surface area (Å²) in [6, 6.07) is 2.69. The summed E-state index contributed by atoms with van der Waals surface area (Å²) in [6.07, 6.45) is 6.35. The highest BCUT2D eigenvalue weighted by atomic mass is 14.9. The van der Waals surface area contributed by atoms with Crippen LogP contribution in [0.5, 0.6) is 0 Å². The summed E-state index contributed by atoms with van der Waals surface area (Å²) in [7, 11) is 0. The van der Waals surface area contributed by atoms with Gasteiger partial charge in [0.05, 0.1) is 0 Å². The minimum atomic E-state index is 0.458. The Labute approximate surface area is 99.5 Å². The monoisotopic (exact) mass is 220 g/mol. The van der Waals surface area contributed by atoms with Gasteiger partial charge in [0.25, 0.3) is 0 Å². The molecule has 0 fully saturated rings. The molecule has 2 heteroatoms. The molecule has 1 rings (SSSR count). The van der Waals surface area contributed by atoms with E-state index in [2.05, 4.69) is 44.1 Å². The molecule has 1 atom stereocenters. The Morgan fingerprint density at radius 1 is 1.25 bits per heavy atom. The molecule has 1 unspecified atom stereocenters. The van der Waals surface area contributed by atoms with E-state index in [1.165, 1.54) is 24.0 Å². The Hall–Kier alpha value is -0.890. The molecule has 0 saturated heterocycles. The summed E-state index contributed by atoms with van der Waals surface area (Å²) in [5.41, 5.74) is 2.56. The Morgan fingerprint density at radius 2 is 2.00 bits per heavy atom. The standard InChI is InChI=1S/C14H24N2/c1-5-16-14(7-6-11(2)3)13-8-12(4)9-15-10-13/h8-11,14,16H,5-7H2,1-4H3. The third-order valence-electron chi connectivity index (χ3n) is 2.78. The van der Waals surface area contributed by atoms with E-state index >= 15 is 0 Å². The van der Waals surface area contributed by atoms with Gasteiger partial charge in [0, 0.05) is 18.4 Å². The van der Waals surface area contributed by atoms with Crippen molar-refractivity contribution in [3.8, 4) is 0 Å². The number of aryl methyl sites for hydroxylation is 1. The van der Waals surface area contributed by atoms with Gasteiger partial charge in [0.1, 0.15) is 0 Å². The largest absolute Gasteiger partial charge is 0.310 e. The third kappa shape index (κ3) is 4.31. The topological polar surface area (TPSA) is 24.9 Å². The summed E-state index contributed by atoms with van der Waals surface area (Å²) in [5, 5.41) is 3.54. The Morgan fingerprint density at radius 3 is 2.56 bits per heavy atom. The van der Waals surface area contributed by atoms with Crippen LogP contribution in [-0.4, -0.2) is 11.5 Å². The van der Waals surface area contributed by atoms with Crippen molar-refractivity contribution in [1.29, 1.82) is 0 Å². The summed E-state index contributed by atoms with van der Waals surface area (Å²) >= 11 is 0. The first-order valence-electron chi connectivity index (χ1n) is 6.28. The average molecular weight is 220 g/mol. The second kappa shape index (κ2) is 6.64. The normalized spacial score (nSPS) is 13.1. The quantitative estimate of drug-likeness (QED) is 0.794. The minimum Gasteiger partial charge on any atom is -0.310 e. The van der Waals surface area contributed by atoms with E-state index in [9.17, 15) is 0 Å². The predicted molar refractivity (Wildman–Crippen MR) is 69.5 cm³/mol. The second-order valence-electron chi connectivity index (χ2n) is 4.88. The van der Waals surface area contributed by atoms with Gasteiger partial charge in [-0.2, -0.15) is 0 Å². The number of hydrogen-bond acceptors (Lipinski definition) is 2. The van der Waals surface area contributed by atoms with Gasteiger partial charge in [-0.3, -0.25) is 4.98 Å². The lowest BCUT2D eigenvalue weighted by molar-refractivity contribution is 0.447. The molecule has 0 aliphatic heterocycles. The molecule has 1 heterocycles. The first-order chi connectivity index (χ1) is 7.63.